The van der Waals surface area contributed by atoms with Gasteiger partial charge in [0.2, 0.25) is 5.91 Å². The smallest absolute Gasteiger partial charge is 0.414 e. The van der Waals surface area contributed by atoms with Gasteiger partial charge in [-0.1, -0.05) is 23.7 Å². The van der Waals surface area contributed by atoms with Gasteiger partial charge < -0.3 is 24.1 Å². The van der Waals surface area contributed by atoms with E-state index in [0.29, 0.717) is 22.2 Å². The SMILES string of the molecule is CCOC(=O)CC(=O)Nc1cccc(Cc2c(C)c3cc(Cl)c(OC(=O)N(C)C)cc3oc2=O)c1. The van der Waals surface area contributed by atoms with Crippen molar-refractivity contribution in [2.45, 2.75) is 26.7 Å². The first-order valence-electron chi connectivity index (χ1n) is 10.8. The Hall–Kier alpha value is -3.85. The molecule has 0 aliphatic heterocycles. The lowest BCUT2D eigenvalue weighted by Crippen LogP contribution is -2.25. The molecule has 0 aliphatic rings. The molecule has 3 aromatic rings. The van der Waals surface area contributed by atoms with Crippen molar-refractivity contribution < 1.29 is 28.3 Å². The molecule has 0 radical (unpaired) electrons. The van der Waals surface area contributed by atoms with Gasteiger partial charge in [0.1, 0.15) is 12.0 Å². The van der Waals surface area contributed by atoms with Crippen LogP contribution in [0.1, 0.15) is 30.0 Å². The van der Waals surface area contributed by atoms with Crippen molar-refractivity contribution in [2.24, 2.45) is 0 Å². The summed E-state index contributed by atoms with van der Waals surface area (Å²) in [5, 5.41) is 3.45. The number of ether oxygens (including phenoxy) is 2. The molecule has 0 fully saturated rings. The number of halogens is 1. The zero-order chi connectivity index (χ0) is 25.7. The van der Waals surface area contributed by atoms with E-state index in [0.717, 1.165) is 5.56 Å². The number of anilines is 1. The molecule has 2 amide bonds. The van der Waals surface area contributed by atoms with Crippen molar-refractivity contribution in [2.75, 3.05) is 26.0 Å². The number of amides is 2. The fourth-order valence-electron chi connectivity index (χ4n) is 3.37. The Balaban J connectivity index is 1.86. The minimum Gasteiger partial charge on any atom is -0.466 e. The Morgan fingerprint density at radius 2 is 1.89 bits per heavy atom. The maximum Gasteiger partial charge on any atom is 0.414 e. The second-order valence-corrected chi connectivity index (χ2v) is 8.35. The summed E-state index contributed by atoms with van der Waals surface area (Å²) in [7, 11) is 3.07. The Morgan fingerprint density at radius 3 is 2.57 bits per heavy atom. The van der Waals surface area contributed by atoms with Gasteiger partial charge in [-0.3, -0.25) is 9.59 Å². The molecule has 2 aromatic carbocycles. The van der Waals surface area contributed by atoms with Crippen LogP contribution in [0.2, 0.25) is 5.02 Å². The van der Waals surface area contributed by atoms with Gasteiger partial charge in [-0.2, -0.15) is 0 Å². The minimum absolute atomic E-state index is 0.0828. The van der Waals surface area contributed by atoms with E-state index in [9.17, 15) is 19.2 Å². The van der Waals surface area contributed by atoms with Crippen LogP contribution in [-0.4, -0.2) is 43.6 Å². The average Bonchev–Trinajstić information content (AvgIpc) is 2.78. The van der Waals surface area contributed by atoms with E-state index in [1.54, 1.807) is 44.2 Å². The van der Waals surface area contributed by atoms with Gasteiger partial charge >= 0.3 is 17.7 Å². The number of rotatable bonds is 7. The third-order valence-corrected chi connectivity index (χ3v) is 5.40. The quantitative estimate of drug-likeness (QED) is 0.292. The van der Waals surface area contributed by atoms with E-state index >= 15 is 0 Å². The van der Waals surface area contributed by atoms with Crippen LogP contribution in [0.5, 0.6) is 5.75 Å². The molecule has 1 N–H and O–H groups in total. The molecule has 9 nitrogen and oxygen atoms in total. The van der Waals surface area contributed by atoms with Gasteiger partial charge in [0.15, 0.2) is 5.75 Å². The molecule has 1 heterocycles. The van der Waals surface area contributed by atoms with Crippen molar-refractivity contribution in [3.8, 4) is 5.75 Å². The summed E-state index contributed by atoms with van der Waals surface area (Å²) in [5.41, 5.74) is 2.01. The summed E-state index contributed by atoms with van der Waals surface area (Å²) in [6.45, 7) is 3.64. The van der Waals surface area contributed by atoms with Gasteiger partial charge in [0.05, 0.1) is 11.6 Å². The molecule has 35 heavy (non-hydrogen) atoms. The van der Waals surface area contributed by atoms with E-state index in [-0.39, 0.29) is 29.4 Å². The fraction of sp³-hybridized carbons (Fsp3) is 0.280. The third kappa shape index (κ3) is 6.39. The van der Waals surface area contributed by atoms with E-state index in [4.69, 9.17) is 25.5 Å². The second-order valence-electron chi connectivity index (χ2n) is 7.94. The Labute approximate surface area is 206 Å². The number of aryl methyl sites for hydroxylation is 1. The standard InChI is InChI=1S/C25H25ClN2O7/c1-5-33-23(30)13-22(29)27-16-8-6-7-15(9-16)10-18-14(2)17-11-19(26)21(35-25(32)28(3)4)12-20(17)34-24(18)31/h6-9,11-12H,5,10,13H2,1-4H3,(H,27,29). The van der Waals surface area contributed by atoms with Crippen LogP contribution in [0.4, 0.5) is 10.5 Å². The van der Waals surface area contributed by atoms with Gasteiger partial charge in [-0.15, -0.1) is 0 Å². The third-order valence-electron chi connectivity index (χ3n) is 5.10. The molecule has 0 saturated heterocycles. The van der Waals surface area contributed by atoms with Crippen molar-refractivity contribution >= 4 is 46.2 Å². The Kier molecular flexibility index (Phi) is 8.14. The highest BCUT2D eigenvalue weighted by Gasteiger charge is 2.17. The lowest BCUT2D eigenvalue weighted by atomic mass is 9.99. The maximum atomic E-state index is 12.8. The largest absolute Gasteiger partial charge is 0.466 e. The number of esters is 1. The van der Waals surface area contributed by atoms with Gasteiger partial charge in [-0.25, -0.2) is 9.59 Å². The average molecular weight is 501 g/mol. The first-order chi connectivity index (χ1) is 16.6. The summed E-state index contributed by atoms with van der Waals surface area (Å²) in [5.74, 6) is -1.02. The molecular formula is C25H25ClN2O7. The van der Waals surface area contributed by atoms with E-state index in [1.807, 2.05) is 0 Å². The molecule has 3 rings (SSSR count). The Bertz CT molecular complexity index is 1350. The lowest BCUT2D eigenvalue weighted by molar-refractivity contribution is -0.145. The minimum atomic E-state index is -0.615. The molecule has 0 atom stereocenters. The summed E-state index contributed by atoms with van der Waals surface area (Å²) < 4.78 is 15.5. The lowest BCUT2D eigenvalue weighted by Gasteiger charge is -2.13. The first-order valence-corrected chi connectivity index (χ1v) is 11.2. The molecule has 10 heteroatoms. The molecule has 0 bridgehead atoms. The van der Waals surface area contributed by atoms with Crippen LogP contribution in [0.15, 0.2) is 45.6 Å². The van der Waals surface area contributed by atoms with E-state index in [2.05, 4.69) is 5.32 Å². The second kappa shape index (κ2) is 11.1. The van der Waals surface area contributed by atoms with Crippen LogP contribution in [0, 0.1) is 6.92 Å². The predicted octanol–water partition coefficient (Wildman–Crippen LogP) is 4.30. The molecular weight excluding hydrogens is 476 g/mol. The van der Waals surface area contributed by atoms with Gasteiger partial charge in [-0.05, 0) is 43.2 Å². The Morgan fingerprint density at radius 1 is 1.14 bits per heavy atom. The van der Waals surface area contributed by atoms with Crippen LogP contribution < -0.4 is 15.7 Å². The molecule has 1 aromatic heterocycles. The van der Waals surface area contributed by atoms with Crippen LogP contribution in [0.3, 0.4) is 0 Å². The van der Waals surface area contributed by atoms with Crippen molar-refractivity contribution in [3.63, 3.8) is 0 Å². The zero-order valence-electron chi connectivity index (χ0n) is 19.8. The fourth-order valence-corrected chi connectivity index (χ4v) is 3.57. The highest BCUT2D eigenvalue weighted by atomic mass is 35.5. The normalized spacial score (nSPS) is 10.7. The van der Waals surface area contributed by atoms with Crippen LogP contribution in [-0.2, 0) is 20.7 Å². The highest BCUT2D eigenvalue weighted by Crippen LogP contribution is 2.32. The predicted molar refractivity (Wildman–Crippen MR) is 131 cm³/mol. The highest BCUT2D eigenvalue weighted by molar-refractivity contribution is 6.33. The molecule has 0 aliphatic carbocycles. The number of hydrogen-bond donors (Lipinski definition) is 1. The number of carbonyl (C=O) groups is 3. The molecule has 0 saturated carbocycles. The van der Waals surface area contributed by atoms with Crippen molar-refractivity contribution in [3.05, 3.63) is 68.5 Å². The van der Waals surface area contributed by atoms with Crippen molar-refractivity contribution in [1.82, 2.24) is 4.90 Å². The number of fused-ring (bicyclic) bond motifs is 1. The summed E-state index contributed by atoms with van der Waals surface area (Å²) >= 11 is 6.31. The number of nitrogens with zero attached hydrogens (tertiary/aromatic N) is 1. The van der Waals surface area contributed by atoms with Crippen LogP contribution in [0.25, 0.3) is 11.0 Å². The van der Waals surface area contributed by atoms with E-state index in [1.165, 1.54) is 25.1 Å². The first kappa shape index (κ1) is 25.8. The number of benzene rings is 2. The zero-order valence-corrected chi connectivity index (χ0v) is 20.5. The molecule has 0 spiro atoms. The summed E-state index contributed by atoms with van der Waals surface area (Å²) in [4.78, 5) is 49.5. The topological polar surface area (TPSA) is 115 Å². The van der Waals surface area contributed by atoms with Gasteiger partial charge in [0, 0.05) is 43.2 Å². The monoisotopic (exact) mass is 500 g/mol. The summed E-state index contributed by atoms with van der Waals surface area (Å²) in [6.07, 6.45) is -0.769. The number of hydrogen-bond acceptors (Lipinski definition) is 7. The van der Waals surface area contributed by atoms with Gasteiger partial charge in [0.25, 0.3) is 0 Å². The summed E-state index contributed by atoms with van der Waals surface area (Å²) in [6, 6.07) is 9.93. The maximum absolute atomic E-state index is 12.8. The van der Waals surface area contributed by atoms with Crippen LogP contribution >= 0.6 is 11.6 Å². The number of carbonyl (C=O) groups excluding carboxylic acids is 3. The number of nitrogens with one attached hydrogen (secondary N) is 1. The molecule has 0 unspecified atom stereocenters. The van der Waals surface area contributed by atoms with Crippen molar-refractivity contribution in [1.29, 1.82) is 0 Å². The van der Waals surface area contributed by atoms with E-state index < -0.39 is 30.0 Å². The molecule has 184 valence electrons.